The van der Waals surface area contributed by atoms with E-state index in [1.165, 1.54) is 0 Å². The molecule has 2 N–H and O–H groups in total. The summed E-state index contributed by atoms with van der Waals surface area (Å²) < 4.78 is 0. The molecule has 2 aromatic carbocycles. The van der Waals surface area contributed by atoms with Gasteiger partial charge in [-0.1, -0.05) is 37.9 Å². The van der Waals surface area contributed by atoms with Crippen LogP contribution in [0.15, 0.2) is 24.3 Å². The SMILES string of the molecule is CCCCc1cc(-c2cc(C)c(O)c(C)c2CCC[Si])ccc1C(=O)O. The molecule has 26 heavy (non-hydrogen) atoms. The maximum absolute atomic E-state index is 11.6. The van der Waals surface area contributed by atoms with Crippen molar-refractivity contribution in [3.8, 4) is 16.9 Å². The van der Waals surface area contributed by atoms with Gasteiger partial charge in [-0.05, 0) is 78.6 Å². The molecule has 0 unspecified atom stereocenters. The number of rotatable bonds is 8. The lowest BCUT2D eigenvalue weighted by Crippen LogP contribution is -2.04. The Morgan fingerprint density at radius 2 is 1.85 bits per heavy atom. The van der Waals surface area contributed by atoms with Gasteiger partial charge in [0, 0.05) is 10.2 Å². The highest BCUT2D eigenvalue weighted by Gasteiger charge is 2.16. The van der Waals surface area contributed by atoms with Gasteiger partial charge in [0.2, 0.25) is 0 Å². The van der Waals surface area contributed by atoms with E-state index in [9.17, 15) is 15.0 Å². The number of aromatic hydroxyl groups is 1. The number of unbranched alkanes of at least 4 members (excludes halogenated alkanes) is 1. The molecule has 3 nitrogen and oxygen atoms in total. The van der Waals surface area contributed by atoms with Gasteiger partial charge in [-0.25, -0.2) is 4.79 Å². The first-order valence-corrected chi connectivity index (χ1v) is 9.94. The van der Waals surface area contributed by atoms with Gasteiger partial charge in [-0.3, -0.25) is 0 Å². The van der Waals surface area contributed by atoms with Crippen LogP contribution in [0.3, 0.4) is 0 Å². The molecule has 0 saturated carbocycles. The summed E-state index contributed by atoms with van der Waals surface area (Å²) in [5.74, 6) is -0.522. The minimum absolute atomic E-state index is 0.353. The molecule has 0 amide bonds. The van der Waals surface area contributed by atoms with Crippen molar-refractivity contribution in [3.63, 3.8) is 0 Å². The molecule has 2 rings (SSSR count). The van der Waals surface area contributed by atoms with E-state index in [4.69, 9.17) is 0 Å². The van der Waals surface area contributed by atoms with Crippen molar-refractivity contribution in [1.29, 1.82) is 0 Å². The van der Waals surface area contributed by atoms with Crippen molar-refractivity contribution >= 4 is 16.2 Å². The predicted molar refractivity (Wildman–Crippen MR) is 107 cm³/mol. The summed E-state index contributed by atoms with van der Waals surface area (Å²) in [7, 11) is 3.53. The molecular formula is C22H27O3Si. The summed E-state index contributed by atoms with van der Waals surface area (Å²) >= 11 is 0. The Hall–Kier alpha value is -2.07. The van der Waals surface area contributed by atoms with Crippen LogP contribution in [0.5, 0.6) is 5.75 Å². The van der Waals surface area contributed by atoms with E-state index in [0.717, 1.165) is 71.5 Å². The van der Waals surface area contributed by atoms with Crippen LogP contribution in [0.25, 0.3) is 11.1 Å². The highest BCUT2D eigenvalue weighted by atomic mass is 28.1. The standard InChI is InChI=1S/C22H27O3Si/c1-4-5-7-16-13-17(9-10-19(16)22(24)25)20-12-14(2)21(23)15(3)18(20)8-6-11-26/h9-10,12-13,23H,4-8,11H2,1-3H3,(H,24,25). The van der Waals surface area contributed by atoms with Gasteiger partial charge in [0.05, 0.1) is 5.56 Å². The molecule has 0 aliphatic heterocycles. The minimum atomic E-state index is -0.875. The largest absolute Gasteiger partial charge is 0.507 e. The second kappa shape index (κ2) is 9.04. The maximum atomic E-state index is 11.6. The van der Waals surface area contributed by atoms with Crippen LogP contribution in [0.2, 0.25) is 6.04 Å². The molecule has 137 valence electrons. The fourth-order valence-corrected chi connectivity index (χ4v) is 3.58. The van der Waals surface area contributed by atoms with Gasteiger partial charge < -0.3 is 10.2 Å². The molecule has 0 heterocycles. The summed E-state index contributed by atoms with van der Waals surface area (Å²) in [6.45, 7) is 5.97. The van der Waals surface area contributed by atoms with Gasteiger partial charge >= 0.3 is 5.97 Å². The Bertz CT molecular complexity index is 796. The van der Waals surface area contributed by atoms with Gasteiger partial charge in [0.1, 0.15) is 5.75 Å². The molecular weight excluding hydrogens is 340 g/mol. The summed E-state index contributed by atoms with van der Waals surface area (Å²) in [6.07, 6.45) is 4.59. The highest BCUT2D eigenvalue weighted by molar-refractivity contribution is 6.08. The van der Waals surface area contributed by atoms with E-state index in [2.05, 4.69) is 17.2 Å². The van der Waals surface area contributed by atoms with Crippen LogP contribution < -0.4 is 0 Å². The first-order chi connectivity index (χ1) is 12.4. The van der Waals surface area contributed by atoms with Crippen molar-refractivity contribution in [2.75, 3.05) is 0 Å². The summed E-state index contributed by atoms with van der Waals surface area (Å²) in [5.41, 5.74) is 6.27. The third kappa shape index (κ3) is 4.36. The van der Waals surface area contributed by atoms with E-state index in [1.54, 1.807) is 6.07 Å². The van der Waals surface area contributed by atoms with Crippen molar-refractivity contribution in [3.05, 3.63) is 52.1 Å². The molecule has 0 aromatic heterocycles. The Morgan fingerprint density at radius 1 is 1.12 bits per heavy atom. The quantitative estimate of drug-likeness (QED) is 0.628. The van der Waals surface area contributed by atoms with Gasteiger partial charge in [-0.2, -0.15) is 0 Å². The van der Waals surface area contributed by atoms with E-state index >= 15 is 0 Å². The average molecular weight is 368 g/mol. The molecule has 4 heteroatoms. The number of benzene rings is 2. The zero-order valence-corrected chi connectivity index (χ0v) is 16.9. The summed E-state index contributed by atoms with van der Waals surface area (Å²) in [4.78, 5) is 11.6. The van der Waals surface area contributed by atoms with Crippen LogP contribution in [0, 0.1) is 13.8 Å². The normalized spacial score (nSPS) is 10.9. The fourth-order valence-electron chi connectivity index (χ4n) is 3.40. The van der Waals surface area contributed by atoms with Crippen LogP contribution in [0.1, 0.15) is 58.8 Å². The minimum Gasteiger partial charge on any atom is -0.507 e. The Kier molecular flexibility index (Phi) is 7.03. The van der Waals surface area contributed by atoms with Crippen molar-refractivity contribution < 1.29 is 15.0 Å². The number of carboxylic acid groups (broad SMARTS) is 1. The van der Waals surface area contributed by atoms with Crippen molar-refractivity contribution in [1.82, 2.24) is 0 Å². The fraction of sp³-hybridized carbons (Fsp3) is 0.409. The lowest BCUT2D eigenvalue weighted by Gasteiger charge is -2.18. The zero-order valence-electron chi connectivity index (χ0n) is 15.9. The van der Waals surface area contributed by atoms with E-state index < -0.39 is 5.97 Å². The number of carboxylic acids is 1. The number of hydrogen-bond acceptors (Lipinski definition) is 2. The number of carbonyl (C=O) groups is 1. The first kappa shape index (κ1) is 20.2. The molecule has 0 aliphatic rings. The number of hydrogen-bond donors (Lipinski definition) is 2. The monoisotopic (exact) mass is 367 g/mol. The summed E-state index contributed by atoms with van der Waals surface area (Å²) in [5, 5.41) is 19.8. The van der Waals surface area contributed by atoms with Gasteiger partial charge in [0.25, 0.3) is 0 Å². The Morgan fingerprint density at radius 3 is 2.46 bits per heavy atom. The Labute approximate surface area is 159 Å². The lowest BCUT2D eigenvalue weighted by molar-refractivity contribution is 0.0695. The van der Waals surface area contributed by atoms with Crippen molar-refractivity contribution in [2.24, 2.45) is 0 Å². The Balaban J connectivity index is 2.61. The van der Waals surface area contributed by atoms with Crippen LogP contribution in [-0.2, 0) is 12.8 Å². The third-order valence-corrected chi connectivity index (χ3v) is 5.27. The number of aryl methyl sites for hydroxylation is 2. The number of aromatic carboxylic acids is 1. The number of phenolic OH excluding ortho intramolecular Hbond substituents is 1. The van der Waals surface area contributed by atoms with Crippen LogP contribution in [-0.4, -0.2) is 26.4 Å². The molecule has 3 radical (unpaired) electrons. The maximum Gasteiger partial charge on any atom is 0.335 e. The van der Waals surface area contributed by atoms with Gasteiger partial charge in [-0.15, -0.1) is 0 Å². The highest BCUT2D eigenvalue weighted by Crippen LogP contribution is 2.36. The predicted octanol–water partition coefficient (Wildman–Crippen LogP) is 5.24. The van der Waals surface area contributed by atoms with E-state index in [1.807, 2.05) is 32.0 Å². The van der Waals surface area contributed by atoms with E-state index in [0.29, 0.717) is 11.3 Å². The second-order valence-corrected chi connectivity index (χ2v) is 7.33. The molecule has 0 aliphatic carbocycles. The molecule has 0 atom stereocenters. The van der Waals surface area contributed by atoms with Crippen LogP contribution >= 0.6 is 0 Å². The molecule has 2 aromatic rings. The molecule has 0 spiro atoms. The average Bonchev–Trinajstić information content (AvgIpc) is 2.63. The molecule has 0 fully saturated rings. The topological polar surface area (TPSA) is 57.5 Å². The lowest BCUT2D eigenvalue weighted by atomic mass is 9.88. The van der Waals surface area contributed by atoms with Gasteiger partial charge in [0.15, 0.2) is 0 Å². The third-order valence-electron chi connectivity index (χ3n) is 4.92. The zero-order chi connectivity index (χ0) is 19.3. The smallest absolute Gasteiger partial charge is 0.335 e. The van der Waals surface area contributed by atoms with E-state index in [-0.39, 0.29) is 0 Å². The molecule has 0 bridgehead atoms. The first-order valence-electron chi connectivity index (χ1n) is 9.23. The number of phenols is 1. The van der Waals surface area contributed by atoms with Crippen LogP contribution in [0.4, 0.5) is 0 Å². The summed E-state index contributed by atoms with van der Waals surface area (Å²) in [6, 6.07) is 8.54. The molecule has 0 saturated heterocycles. The second-order valence-electron chi connectivity index (χ2n) is 6.83. The van der Waals surface area contributed by atoms with Crippen molar-refractivity contribution in [2.45, 2.75) is 58.9 Å².